The van der Waals surface area contributed by atoms with Crippen LogP contribution in [0.3, 0.4) is 0 Å². The van der Waals surface area contributed by atoms with E-state index in [1.165, 1.54) is 6.07 Å². The van der Waals surface area contributed by atoms with Crippen molar-refractivity contribution in [2.45, 2.75) is 13.5 Å². The SMILES string of the molecule is CCN(CC(=O)O)Cc1cccc([N+](=O)[O-])c1Br. The summed E-state index contributed by atoms with van der Waals surface area (Å²) in [5.41, 5.74) is 0.686. The van der Waals surface area contributed by atoms with E-state index in [9.17, 15) is 14.9 Å². The molecule has 0 aromatic heterocycles. The summed E-state index contributed by atoms with van der Waals surface area (Å²) < 4.78 is 0.402. The Morgan fingerprint density at radius 2 is 2.22 bits per heavy atom. The first-order valence-electron chi connectivity index (χ1n) is 5.31. The molecule has 0 saturated carbocycles. The summed E-state index contributed by atoms with van der Waals surface area (Å²) in [4.78, 5) is 22.6. The minimum Gasteiger partial charge on any atom is -0.480 e. The molecule has 0 heterocycles. The van der Waals surface area contributed by atoms with Crippen LogP contribution in [0.15, 0.2) is 22.7 Å². The summed E-state index contributed by atoms with van der Waals surface area (Å²) in [5, 5.41) is 19.5. The van der Waals surface area contributed by atoms with Gasteiger partial charge in [-0.1, -0.05) is 19.1 Å². The molecule has 0 spiro atoms. The van der Waals surface area contributed by atoms with Crippen molar-refractivity contribution in [3.8, 4) is 0 Å². The van der Waals surface area contributed by atoms with Crippen molar-refractivity contribution >= 4 is 27.6 Å². The molecule has 0 aliphatic rings. The fourth-order valence-electron chi connectivity index (χ4n) is 1.54. The standard InChI is InChI=1S/C11H13BrN2O4/c1-2-13(7-10(15)16)6-8-4-3-5-9(11(8)12)14(17)18/h3-5H,2,6-7H2,1H3,(H,15,16). The van der Waals surface area contributed by atoms with Gasteiger partial charge in [-0.05, 0) is 28.0 Å². The van der Waals surface area contributed by atoms with Gasteiger partial charge >= 0.3 is 5.97 Å². The van der Waals surface area contributed by atoms with Crippen LogP contribution in [0, 0.1) is 10.1 Å². The molecule has 0 radical (unpaired) electrons. The van der Waals surface area contributed by atoms with Gasteiger partial charge in [-0.2, -0.15) is 0 Å². The van der Waals surface area contributed by atoms with E-state index < -0.39 is 10.9 Å². The smallest absolute Gasteiger partial charge is 0.317 e. The second kappa shape index (κ2) is 6.46. The minimum absolute atomic E-state index is 0.0149. The normalized spacial score (nSPS) is 10.6. The molecule has 0 bridgehead atoms. The van der Waals surface area contributed by atoms with Gasteiger partial charge in [0.1, 0.15) is 0 Å². The predicted molar refractivity (Wildman–Crippen MR) is 69.4 cm³/mol. The average molecular weight is 317 g/mol. The Morgan fingerprint density at radius 3 is 2.72 bits per heavy atom. The minimum atomic E-state index is -0.918. The monoisotopic (exact) mass is 316 g/mol. The quantitative estimate of drug-likeness (QED) is 0.643. The van der Waals surface area contributed by atoms with Crippen LogP contribution in [0.1, 0.15) is 12.5 Å². The third kappa shape index (κ3) is 3.78. The molecule has 6 nitrogen and oxygen atoms in total. The number of aliphatic carboxylic acids is 1. The van der Waals surface area contributed by atoms with Crippen LogP contribution >= 0.6 is 15.9 Å². The molecule has 0 saturated heterocycles. The largest absolute Gasteiger partial charge is 0.480 e. The van der Waals surface area contributed by atoms with Gasteiger partial charge in [0.25, 0.3) is 5.69 Å². The van der Waals surface area contributed by atoms with Crippen LogP contribution in [0.5, 0.6) is 0 Å². The molecule has 1 N–H and O–H groups in total. The van der Waals surface area contributed by atoms with Crippen molar-refractivity contribution in [1.29, 1.82) is 0 Å². The summed E-state index contributed by atoms with van der Waals surface area (Å²) in [6.07, 6.45) is 0. The Kier molecular flexibility index (Phi) is 5.24. The van der Waals surface area contributed by atoms with E-state index in [1.807, 2.05) is 6.92 Å². The predicted octanol–water partition coefficient (Wildman–Crippen LogP) is 2.26. The number of nitro benzene ring substituents is 1. The Bertz CT molecular complexity index is 464. The van der Waals surface area contributed by atoms with Gasteiger partial charge in [-0.25, -0.2) is 0 Å². The average Bonchev–Trinajstić information content (AvgIpc) is 2.29. The lowest BCUT2D eigenvalue weighted by molar-refractivity contribution is -0.385. The van der Waals surface area contributed by atoms with Crippen molar-refractivity contribution in [2.24, 2.45) is 0 Å². The maximum Gasteiger partial charge on any atom is 0.317 e. The first-order chi connectivity index (χ1) is 8.45. The van der Waals surface area contributed by atoms with Crippen LogP contribution in [-0.2, 0) is 11.3 Å². The molecule has 18 heavy (non-hydrogen) atoms. The number of likely N-dealkylation sites (N-methyl/N-ethyl adjacent to an activating group) is 1. The Hall–Kier alpha value is -1.47. The number of rotatable bonds is 6. The van der Waals surface area contributed by atoms with Gasteiger partial charge in [0.15, 0.2) is 0 Å². The highest BCUT2D eigenvalue weighted by molar-refractivity contribution is 9.10. The number of carboxylic acids is 1. The van der Waals surface area contributed by atoms with Gasteiger partial charge < -0.3 is 5.11 Å². The number of hydrogen-bond acceptors (Lipinski definition) is 4. The summed E-state index contributed by atoms with van der Waals surface area (Å²) in [6.45, 7) is 2.66. The topological polar surface area (TPSA) is 83.7 Å². The Balaban J connectivity index is 2.93. The van der Waals surface area contributed by atoms with Crippen LogP contribution < -0.4 is 0 Å². The number of benzene rings is 1. The number of nitrogens with zero attached hydrogens (tertiary/aromatic N) is 2. The molecule has 0 amide bonds. The second-order valence-corrected chi connectivity index (χ2v) is 4.50. The fraction of sp³-hybridized carbons (Fsp3) is 0.364. The molecule has 0 aliphatic carbocycles. The lowest BCUT2D eigenvalue weighted by Gasteiger charge is -2.18. The van der Waals surface area contributed by atoms with Crippen LogP contribution in [0.25, 0.3) is 0 Å². The van der Waals surface area contributed by atoms with Crippen LogP contribution in [0.2, 0.25) is 0 Å². The van der Waals surface area contributed by atoms with Crippen molar-refractivity contribution in [3.63, 3.8) is 0 Å². The van der Waals surface area contributed by atoms with Gasteiger partial charge in [-0.3, -0.25) is 19.8 Å². The molecule has 1 aromatic rings. The zero-order valence-electron chi connectivity index (χ0n) is 9.80. The Labute approximate surface area is 112 Å². The zero-order chi connectivity index (χ0) is 13.7. The molecule has 1 rings (SSSR count). The second-order valence-electron chi connectivity index (χ2n) is 3.70. The molecular formula is C11H13BrN2O4. The van der Waals surface area contributed by atoms with Crippen molar-refractivity contribution < 1.29 is 14.8 Å². The molecule has 0 atom stereocenters. The molecule has 7 heteroatoms. The van der Waals surface area contributed by atoms with E-state index in [4.69, 9.17) is 5.11 Å². The first kappa shape index (κ1) is 14.6. The lowest BCUT2D eigenvalue weighted by atomic mass is 10.2. The fourth-order valence-corrected chi connectivity index (χ4v) is 2.08. The van der Waals surface area contributed by atoms with E-state index in [2.05, 4.69) is 15.9 Å². The highest BCUT2D eigenvalue weighted by Gasteiger charge is 2.17. The van der Waals surface area contributed by atoms with Crippen LogP contribution in [-0.4, -0.2) is 34.0 Å². The maximum atomic E-state index is 10.8. The molecule has 0 aliphatic heterocycles. The summed E-state index contributed by atoms with van der Waals surface area (Å²) >= 11 is 3.19. The highest BCUT2D eigenvalue weighted by Crippen LogP contribution is 2.28. The number of halogens is 1. The summed E-state index contributed by atoms with van der Waals surface area (Å²) in [7, 11) is 0. The third-order valence-corrected chi connectivity index (χ3v) is 3.37. The van der Waals surface area contributed by atoms with E-state index in [1.54, 1.807) is 17.0 Å². The number of hydrogen-bond donors (Lipinski definition) is 1. The summed E-state index contributed by atoms with van der Waals surface area (Å²) in [6, 6.07) is 4.73. The highest BCUT2D eigenvalue weighted by atomic mass is 79.9. The zero-order valence-corrected chi connectivity index (χ0v) is 11.4. The van der Waals surface area contributed by atoms with E-state index >= 15 is 0 Å². The van der Waals surface area contributed by atoms with Crippen LogP contribution in [0.4, 0.5) is 5.69 Å². The maximum absolute atomic E-state index is 10.8. The van der Waals surface area contributed by atoms with Crippen molar-refractivity contribution in [1.82, 2.24) is 4.90 Å². The molecular weight excluding hydrogens is 304 g/mol. The Morgan fingerprint density at radius 1 is 1.56 bits per heavy atom. The number of carboxylic acid groups (broad SMARTS) is 1. The van der Waals surface area contributed by atoms with E-state index in [0.29, 0.717) is 23.1 Å². The van der Waals surface area contributed by atoms with Gasteiger partial charge in [0.05, 0.1) is 15.9 Å². The van der Waals surface area contributed by atoms with Gasteiger partial charge in [-0.15, -0.1) is 0 Å². The summed E-state index contributed by atoms with van der Waals surface area (Å²) in [5.74, 6) is -0.918. The molecule has 0 fully saturated rings. The number of carbonyl (C=O) groups is 1. The van der Waals surface area contributed by atoms with Crippen molar-refractivity contribution in [2.75, 3.05) is 13.1 Å². The van der Waals surface area contributed by atoms with E-state index in [0.717, 1.165) is 0 Å². The van der Waals surface area contributed by atoms with Gasteiger partial charge in [0.2, 0.25) is 0 Å². The molecule has 98 valence electrons. The molecule has 0 unspecified atom stereocenters. The number of nitro groups is 1. The lowest BCUT2D eigenvalue weighted by Crippen LogP contribution is -2.29. The first-order valence-corrected chi connectivity index (χ1v) is 6.11. The van der Waals surface area contributed by atoms with E-state index in [-0.39, 0.29) is 12.2 Å². The molecule has 1 aromatic carbocycles. The van der Waals surface area contributed by atoms with Gasteiger partial charge in [0, 0.05) is 12.6 Å². The third-order valence-electron chi connectivity index (χ3n) is 2.46. The van der Waals surface area contributed by atoms with Crippen molar-refractivity contribution in [3.05, 3.63) is 38.3 Å².